The van der Waals surface area contributed by atoms with E-state index in [0.717, 1.165) is 50.6 Å². The van der Waals surface area contributed by atoms with Crippen molar-refractivity contribution in [2.45, 2.75) is 19.4 Å². The van der Waals surface area contributed by atoms with Gasteiger partial charge in [-0.05, 0) is 12.5 Å². The largest absolute Gasteiger partial charge is 0.354 e. The smallest absolute Gasteiger partial charge is 0.157 e. The maximum atomic E-state index is 5.83. The van der Waals surface area contributed by atoms with E-state index in [1.54, 1.807) is 10.7 Å². The Morgan fingerprint density at radius 2 is 2.05 bits per heavy atom. The third-order valence-electron chi connectivity index (χ3n) is 4.14. The van der Waals surface area contributed by atoms with Gasteiger partial charge in [-0.25, -0.2) is 9.50 Å². The Labute approximate surface area is 119 Å². The van der Waals surface area contributed by atoms with E-state index >= 15 is 0 Å². The number of nitrogens with two attached hydrogens (primary N) is 1. The van der Waals surface area contributed by atoms with Gasteiger partial charge in [-0.15, -0.1) is 0 Å². The maximum Gasteiger partial charge on any atom is 0.157 e. The monoisotopic (exact) mass is 274 g/mol. The SMILES string of the molecule is CCC(CN)N1CCN(c2ccn3nccc3n2)CC1. The van der Waals surface area contributed by atoms with Crippen LogP contribution >= 0.6 is 0 Å². The zero-order chi connectivity index (χ0) is 13.9. The fraction of sp³-hybridized carbons (Fsp3) is 0.571. The van der Waals surface area contributed by atoms with Gasteiger partial charge in [0.2, 0.25) is 0 Å². The molecule has 1 unspecified atom stereocenters. The first-order valence-corrected chi connectivity index (χ1v) is 7.31. The summed E-state index contributed by atoms with van der Waals surface area (Å²) in [5.41, 5.74) is 6.73. The van der Waals surface area contributed by atoms with Crippen LogP contribution in [0.2, 0.25) is 0 Å². The quantitative estimate of drug-likeness (QED) is 0.884. The number of rotatable bonds is 4. The van der Waals surface area contributed by atoms with Gasteiger partial charge in [0.1, 0.15) is 5.82 Å². The molecule has 1 aliphatic rings. The number of hydrogen-bond acceptors (Lipinski definition) is 5. The van der Waals surface area contributed by atoms with Gasteiger partial charge in [0.15, 0.2) is 5.65 Å². The highest BCUT2D eigenvalue weighted by atomic mass is 15.3. The second kappa shape index (κ2) is 5.76. The summed E-state index contributed by atoms with van der Waals surface area (Å²) >= 11 is 0. The lowest BCUT2D eigenvalue weighted by Crippen LogP contribution is -2.52. The number of fused-ring (bicyclic) bond motifs is 1. The van der Waals surface area contributed by atoms with Crippen molar-refractivity contribution < 1.29 is 0 Å². The number of piperazine rings is 1. The summed E-state index contributed by atoms with van der Waals surface area (Å²) in [7, 11) is 0. The Morgan fingerprint density at radius 3 is 2.75 bits per heavy atom. The van der Waals surface area contributed by atoms with Crippen molar-refractivity contribution in [3.63, 3.8) is 0 Å². The van der Waals surface area contributed by atoms with E-state index in [9.17, 15) is 0 Å². The van der Waals surface area contributed by atoms with Crippen molar-refractivity contribution in [1.29, 1.82) is 0 Å². The summed E-state index contributed by atoms with van der Waals surface area (Å²) in [4.78, 5) is 9.49. The molecule has 2 N–H and O–H groups in total. The van der Waals surface area contributed by atoms with Crippen LogP contribution in [0.4, 0.5) is 5.82 Å². The first-order valence-electron chi connectivity index (χ1n) is 7.31. The lowest BCUT2D eigenvalue weighted by atomic mass is 10.1. The zero-order valence-corrected chi connectivity index (χ0v) is 11.9. The molecule has 1 saturated heterocycles. The maximum absolute atomic E-state index is 5.83. The van der Waals surface area contributed by atoms with Crippen LogP contribution in [0.15, 0.2) is 24.5 Å². The molecule has 0 aliphatic carbocycles. The van der Waals surface area contributed by atoms with Gasteiger partial charge in [0.25, 0.3) is 0 Å². The first-order chi connectivity index (χ1) is 9.81. The second-order valence-electron chi connectivity index (χ2n) is 5.24. The van der Waals surface area contributed by atoms with E-state index < -0.39 is 0 Å². The van der Waals surface area contributed by atoms with Gasteiger partial charge < -0.3 is 10.6 Å². The molecule has 0 amide bonds. The van der Waals surface area contributed by atoms with Gasteiger partial charge in [0.05, 0.1) is 6.20 Å². The molecule has 3 rings (SSSR count). The molecular formula is C14H22N6. The summed E-state index contributed by atoms with van der Waals surface area (Å²) < 4.78 is 1.79. The predicted molar refractivity (Wildman–Crippen MR) is 79.9 cm³/mol. The highest BCUT2D eigenvalue weighted by Gasteiger charge is 2.22. The summed E-state index contributed by atoms with van der Waals surface area (Å²) in [5.74, 6) is 1.04. The van der Waals surface area contributed by atoms with Crippen LogP contribution in [0.1, 0.15) is 13.3 Å². The van der Waals surface area contributed by atoms with Crippen LogP contribution in [0, 0.1) is 0 Å². The van der Waals surface area contributed by atoms with E-state index in [2.05, 4.69) is 26.8 Å². The zero-order valence-electron chi connectivity index (χ0n) is 11.9. The molecule has 0 radical (unpaired) electrons. The minimum Gasteiger partial charge on any atom is -0.354 e. The Morgan fingerprint density at radius 1 is 1.25 bits per heavy atom. The molecular weight excluding hydrogens is 252 g/mol. The molecule has 1 fully saturated rings. The Kier molecular flexibility index (Phi) is 3.84. The lowest BCUT2D eigenvalue weighted by molar-refractivity contribution is 0.184. The molecule has 2 aromatic heterocycles. The van der Waals surface area contributed by atoms with Gasteiger partial charge >= 0.3 is 0 Å². The third-order valence-corrected chi connectivity index (χ3v) is 4.14. The van der Waals surface area contributed by atoms with Crippen LogP contribution in [0.5, 0.6) is 0 Å². The minimum atomic E-state index is 0.516. The molecule has 0 saturated carbocycles. The molecule has 1 atom stereocenters. The summed E-state index contributed by atoms with van der Waals surface area (Å²) in [6.07, 6.45) is 4.87. The molecule has 2 aromatic rings. The van der Waals surface area contributed by atoms with Crippen molar-refractivity contribution in [2.75, 3.05) is 37.6 Å². The molecule has 0 spiro atoms. The first kappa shape index (κ1) is 13.3. The normalized spacial score (nSPS) is 18.6. The third kappa shape index (κ3) is 2.48. The fourth-order valence-corrected chi connectivity index (χ4v) is 2.87. The minimum absolute atomic E-state index is 0.516. The van der Waals surface area contributed by atoms with Crippen molar-refractivity contribution in [3.05, 3.63) is 24.5 Å². The standard InChI is InChI=1S/C14H22N6/c1-2-12(11-15)18-7-9-19(10-8-18)13-4-6-20-14(17-13)3-5-16-20/h3-6,12H,2,7-11,15H2,1H3. The topological polar surface area (TPSA) is 62.7 Å². The fourth-order valence-electron chi connectivity index (χ4n) is 2.87. The van der Waals surface area contributed by atoms with Crippen molar-refractivity contribution >= 4 is 11.5 Å². The highest BCUT2D eigenvalue weighted by Crippen LogP contribution is 2.16. The molecule has 108 valence electrons. The van der Waals surface area contributed by atoms with Crippen molar-refractivity contribution in [3.8, 4) is 0 Å². The van der Waals surface area contributed by atoms with Crippen LogP contribution < -0.4 is 10.6 Å². The van der Waals surface area contributed by atoms with Gasteiger partial charge in [-0.3, -0.25) is 4.90 Å². The molecule has 6 heteroatoms. The van der Waals surface area contributed by atoms with Gasteiger partial charge in [-0.1, -0.05) is 6.92 Å². The Balaban J connectivity index is 1.68. The average molecular weight is 274 g/mol. The predicted octanol–water partition coefficient (Wildman–Crippen LogP) is 0.589. The van der Waals surface area contributed by atoms with E-state index in [-0.39, 0.29) is 0 Å². The van der Waals surface area contributed by atoms with Crippen molar-refractivity contribution in [1.82, 2.24) is 19.5 Å². The van der Waals surface area contributed by atoms with Crippen LogP contribution in [0.25, 0.3) is 5.65 Å². The molecule has 20 heavy (non-hydrogen) atoms. The molecule has 0 aromatic carbocycles. The highest BCUT2D eigenvalue weighted by molar-refractivity contribution is 5.47. The number of aromatic nitrogens is 3. The van der Waals surface area contributed by atoms with E-state index in [1.807, 2.05) is 18.3 Å². The molecule has 3 heterocycles. The number of nitrogens with zero attached hydrogens (tertiary/aromatic N) is 5. The summed E-state index contributed by atoms with van der Waals surface area (Å²) in [6, 6.07) is 4.49. The Hall–Kier alpha value is -1.66. The van der Waals surface area contributed by atoms with Crippen molar-refractivity contribution in [2.24, 2.45) is 5.73 Å². The number of anilines is 1. The van der Waals surface area contributed by atoms with E-state index in [0.29, 0.717) is 6.04 Å². The molecule has 6 nitrogen and oxygen atoms in total. The average Bonchev–Trinajstić information content (AvgIpc) is 2.96. The van der Waals surface area contributed by atoms with Crippen LogP contribution in [-0.2, 0) is 0 Å². The van der Waals surface area contributed by atoms with Gasteiger partial charge in [-0.2, -0.15) is 5.10 Å². The summed E-state index contributed by atoms with van der Waals surface area (Å²) in [5, 5.41) is 4.18. The van der Waals surface area contributed by atoms with Crippen LogP contribution in [-0.4, -0.2) is 58.3 Å². The Bertz CT molecular complexity index is 554. The van der Waals surface area contributed by atoms with E-state index in [1.165, 1.54) is 0 Å². The molecule has 1 aliphatic heterocycles. The number of hydrogen-bond donors (Lipinski definition) is 1. The van der Waals surface area contributed by atoms with Gasteiger partial charge in [0, 0.05) is 51.0 Å². The van der Waals surface area contributed by atoms with Crippen LogP contribution in [0.3, 0.4) is 0 Å². The van der Waals surface area contributed by atoms with E-state index in [4.69, 9.17) is 5.73 Å². The molecule has 0 bridgehead atoms. The lowest BCUT2D eigenvalue weighted by Gasteiger charge is -2.39. The summed E-state index contributed by atoms with van der Waals surface area (Å²) in [6.45, 7) is 7.08. The second-order valence-corrected chi connectivity index (χ2v) is 5.24.